The van der Waals surface area contributed by atoms with Gasteiger partial charge in [0.25, 0.3) is 0 Å². The molecule has 5 nitrogen and oxygen atoms in total. The number of hydrogen-bond donors (Lipinski definition) is 2. The summed E-state index contributed by atoms with van der Waals surface area (Å²) in [6.45, 7) is 1.92. The fourth-order valence-corrected chi connectivity index (χ4v) is 2.90. The molecule has 0 radical (unpaired) electrons. The quantitative estimate of drug-likeness (QED) is 0.714. The maximum atomic E-state index is 12.6. The van der Waals surface area contributed by atoms with Crippen molar-refractivity contribution in [2.45, 2.75) is 13.3 Å². The Bertz CT molecular complexity index is 886. The van der Waals surface area contributed by atoms with Crippen LogP contribution in [0.1, 0.15) is 12.5 Å². The van der Waals surface area contributed by atoms with Gasteiger partial charge in [-0.15, -0.1) is 0 Å². The summed E-state index contributed by atoms with van der Waals surface area (Å²) in [5.41, 5.74) is 2.76. The molecule has 0 bridgehead atoms. The summed E-state index contributed by atoms with van der Waals surface area (Å²) in [6.07, 6.45) is 2.49. The molecule has 5 heteroatoms. The van der Waals surface area contributed by atoms with E-state index in [2.05, 4.69) is 10.3 Å². The van der Waals surface area contributed by atoms with E-state index in [0.29, 0.717) is 17.9 Å². The van der Waals surface area contributed by atoms with Crippen LogP contribution in [0.15, 0.2) is 48.7 Å². The standard InChI is InChI=1S/C20H22N2O3/c1-13(11-14-7-8-17(24-2)18(12-14)25-3)20(23)22-16-6-4-5-15-9-10-21-19(15)16/h4-10,12-13,21H,11H2,1-3H3,(H,22,23). The molecule has 0 fully saturated rings. The van der Waals surface area contributed by atoms with E-state index in [-0.39, 0.29) is 11.8 Å². The molecule has 3 rings (SSSR count). The second-order valence-corrected chi connectivity index (χ2v) is 6.03. The van der Waals surface area contributed by atoms with Crippen LogP contribution in [-0.2, 0) is 11.2 Å². The normalized spacial score (nSPS) is 12.0. The third-order valence-electron chi connectivity index (χ3n) is 4.28. The maximum Gasteiger partial charge on any atom is 0.227 e. The number of hydrogen-bond acceptors (Lipinski definition) is 3. The van der Waals surface area contributed by atoms with Crippen LogP contribution in [0.4, 0.5) is 5.69 Å². The molecular weight excluding hydrogens is 316 g/mol. The van der Waals surface area contributed by atoms with E-state index < -0.39 is 0 Å². The number of methoxy groups -OCH3 is 2. The number of aromatic amines is 1. The van der Waals surface area contributed by atoms with Gasteiger partial charge in [-0.1, -0.05) is 25.1 Å². The first-order chi connectivity index (χ1) is 12.1. The highest BCUT2D eigenvalue weighted by atomic mass is 16.5. The number of carbonyl (C=O) groups is 1. The first-order valence-electron chi connectivity index (χ1n) is 8.20. The van der Waals surface area contributed by atoms with Crippen LogP contribution >= 0.6 is 0 Å². The summed E-state index contributed by atoms with van der Waals surface area (Å²) in [6, 6.07) is 13.6. The van der Waals surface area contributed by atoms with E-state index >= 15 is 0 Å². The van der Waals surface area contributed by atoms with Gasteiger partial charge in [-0.2, -0.15) is 0 Å². The number of rotatable bonds is 6. The number of anilines is 1. The Labute approximate surface area is 147 Å². The van der Waals surface area contributed by atoms with Crippen molar-refractivity contribution in [1.82, 2.24) is 4.98 Å². The molecule has 25 heavy (non-hydrogen) atoms. The first-order valence-corrected chi connectivity index (χ1v) is 8.20. The number of aromatic nitrogens is 1. The van der Waals surface area contributed by atoms with Crippen LogP contribution in [0.2, 0.25) is 0 Å². The highest BCUT2D eigenvalue weighted by Gasteiger charge is 2.16. The average molecular weight is 338 g/mol. The third kappa shape index (κ3) is 3.60. The van der Waals surface area contributed by atoms with E-state index in [1.165, 1.54) is 0 Å². The number of amides is 1. The lowest BCUT2D eigenvalue weighted by molar-refractivity contribution is -0.119. The maximum absolute atomic E-state index is 12.6. The fraction of sp³-hybridized carbons (Fsp3) is 0.250. The Morgan fingerprint density at radius 1 is 1.12 bits per heavy atom. The van der Waals surface area contributed by atoms with Crippen molar-refractivity contribution in [3.8, 4) is 11.5 Å². The fourth-order valence-electron chi connectivity index (χ4n) is 2.90. The number of para-hydroxylation sites is 1. The van der Waals surface area contributed by atoms with E-state index in [0.717, 1.165) is 22.2 Å². The minimum Gasteiger partial charge on any atom is -0.493 e. The van der Waals surface area contributed by atoms with Gasteiger partial charge in [-0.05, 0) is 36.2 Å². The lowest BCUT2D eigenvalue weighted by Crippen LogP contribution is -2.22. The van der Waals surface area contributed by atoms with Crippen molar-refractivity contribution in [3.63, 3.8) is 0 Å². The van der Waals surface area contributed by atoms with Gasteiger partial charge in [0.05, 0.1) is 25.4 Å². The Morgan fingerprint density at radius 3 is 2.68 bits per heavy atom. The molecule has 1 atom stereocenters. The number of fused-ring (bicyclic) bond motifs is 1. The number of benzene rings is 2. The van der Waals surface area contributed by atoms with Crippen molar-refractivity contribution in [3.05, 3.63) is 54.2 Å². The highest BCUT2D eigenvalue weighted by Crippen LogP contribution is 2.29. The zero-order chi connectivity index (χ0) is 17.8. The van der Waals surface area contributed by atoms with Gasteiger partial charge in [0.15, 0.2) is 11.5 Å². The second kappa shape index (κ2) is 7.30. The predicted molar refractivity (Wildman–Crippen MR) is 99.3 cm³/mol. The van der Waals surface area contributed by atoms with Crippen LogP contribution in [0.5, 0.6) is 11.5 Å². The van der Waals surface area contributed by atoms with E-state index in [1.54, 1.807) is 14.2 Å². The molecule has 1 aromatic heterocycles. The molecule has 0 spiro atoms. The van der Waals surface area contributed by atoms with Crippen LogP contribution in [0.3, 0.4) is 0 Å². The predicted octanol–water partition coefficient (Wildman–Crippen LogP) is 4.00. The van der Waals surface area contributed by atoms with Gasteiger partial charge >= 0.3 is 0 Å². The monoisotopic (exact) mass is 338 g/mol. The largest absolute Gasteiger partial charge is 0.493 e. The Kier molecular flexibility index (Phi) is 4.93. The van der Waals surface area contributed by atoms with Crippen molar-refractivity contribution >= 4 is 22.5 Å². The van der Waals surface area contributed by atoms with Gasteiger partial charge in [-0.25, -0.2) is 0 Å². The van der Waals surface area contributed by atoms with Crippen molar-refractivity contribution < 1.29 is 14.3 Å². The molecule has 0 aliphatic heterocycles. The van der Waals surface area contributed by atoms with Gasteiger partial charge in [0.2, 0.25) is 5.91 Å². The molecule has 2 N–H and O–H groups in total. The topological polar surface area (TPSA) is 63.3 Å². The van der Waals surface area contributed by atoms with Gasteiger partial charge in [0.1, 0.15) is 0 Å². The Balaban J connectivity index is 1.71. The summed E-state index contributed by atoms with van der Waals surface area (Å²) >= 11 is 0. The third-order valence-corrected chi connectivity index (χ3v) is 4.28. The van der Waals surface area contributed by atoms with E-state index in [4.69, 9.17) is 9.47 Å². The lowest BCUT2D eigenvalue weighted by atomic mass is 9.99. The molecule has 1 unspecified atom stereocenters. The number of ether oxygens (including phenoxy) is 2. The number of carbonyl (C=O) groups excluding carboxylic acids is 1. The zero-order valence-corrected chi connectivity index (χ0v) is 14.6. The lowest BCUT2D eigenvalue weighted by Gasteiger charge is -2.14. The van der Waals surface area contributed by atoms with Crippen LogP contribution < -0.4 is 14.8 Å². The molecule has 0 saturated heterocycles. The molecule has 3 aromatic rings. The van der Waals surface area contributed by atoms with Crippen LogP contribution in [-0.4, -0.2) is 25.1 Å². The smallest absolute Gasteiger partial charge is 0.227 e. The van der Waals surface area contributed by atoms with Crippen LogP contribution in [0.25, 0.3) is 10.9 Å². The minimum absolute atomic E-state index is 0.0168. The van der Waals surface area contributed by atoms with E-state index in [9.17, 15) is 4.79 Å². The number of nitrogens with one attached hydrogen (secondary N) is 2. The van der Waals surface area contributed by atoms with Crippen molar-refractivity contribution in [1.29, 1.82) is 0 Å². The van der Waals surface area contributed by atoms with Crippen molar-refractivity contribution in [2.75, 3.05) is 19.5 Å². The average Bonchev–Trinajstić information content (AvgIpc) is 3.11. The molecule has 130 valence electrons. The molecule has 0 aliphatic rings. The highest BCUT2D eigenvalue weighted by molar-refractivity contribution is 6.01. The second-order valence-electron chi connectivity index (χ2n) is 6.03. The summed E-state index contributed by atoms with van der Waals surface area (Å²) in [5.74, 6) is 1.16. The molecule has 2 aromatic carbocycles. The minimum atomic E-state index is -0.177. The van der Waals surface area contributed by atoms with Gasteiger partial charge in [-0.3, -0.25) is 4.79 Å². The molecule has 0 aliphatic carbocycles. The van der Waals surface area contributed by atoms with Gasteiger partial charge in [0, 0.05) is 17.5 Å². The summed E-state index contributed by atoms with van der Waals surface area (Å²) < 4.78 is 10.6. The zero-order valence-electron chi connectivity index (χ0n) is 14.6. The van der Waals surface area contributed by atoms with Crippen molar-refractivity contribution in [2.24, 2.45) is 5.92 Å². The number of H-pyrrole nitrogens is 1. The van der Waals surface area contributed by atoms with Gasteiger partial charge < -0.3 is 19.8 Å². The first kappa shape index (κ1) is 16.9. The molecule has 0 saturated carbocycles. The summed E-state index contributed by atoms with van der Waals surface area (Å²) in [7, 11) is 3.21. The van der Waals surface area contributed by atoms with E-state index in [1.807, 2.05) is 55.6 Å². The summed E-state index contributed by atoms with van der Waals surface area (Å²) in [4.78, 5) is 15.7. The molecule has 1 heterocycles. The van der Waals surface area contributed by atoms with Crippen LogP contribution in [0, 0.1) is 5.92 Å². The molecule has 1 amide bonds. The summed E-state index contributed by atoms with van der Waals surface area (Å²) in [5, 5.41) is 4.09. The Morgan fingerprint density at radius 2 is 1.92 bits per heavy atom. The SMILES string of the molecule is COc1ccc(CC(C)C(=O)Nc2cccc3cc[nH]c23)cc1OC. The molecular formula is C20H22N2O3. The Hall–Kier alpha value is -2.95.